The van der Waals surface area contributed by atoms with Gasteiger partial charge in [0.2, 0.25) is 11.8 Å². The number of rotatable bonds is 9. The summed E-state index contributed by atoms with van der Waals surface area (Å²) in [6.07, 6.45) is 0.854. The molecule has 2 aromatic carbocycles. The number of benzene rings is 2. The first-order valence-electron chi connectivity index (χ1n) is 9.41. The zero-order valence-electron chi connectivity index (χ0n) is 16.6. The van der Waals surface area contributed by atoms with Gasteiger partial charge in [-0.15, -0.1) is 11.8 Å². The topological polar surface area (TPSA) is 49.4 Å². The van der Waals surface area contributed by atoms with Crippen molar-refractivity contribution in [2.45, 2.75) is 44.7 Å². The Morgan fingerprint density at radius 1 is 1.11 bits per heavy atom. The van der Waals surface area contributed by atoms with E-state index in [0.717, 1.165) is 16.9 Å². The lowest BCUT2D eigenvalue weighted by Crippen LogP contribution is -2.48. The second-order valence-corrected chi connectivity index (χ2v) is 8.20. The largest absolute Gasteiger partial charge is 0.354 e. The van der Waals surface area contributed by atoms with E-state index in [-0.39, 0.29) is 17.6 Å². The molecule has 2 aromatic rings. The van der Waals surface area contributed by atoms with Crippen LogP contribution in [0.15, 0.2) is 53.4 Å². The number of nitrogens with one attached hydrogen (secondary N) is 1. The van der Waals surface area contributed by atoms with E-state index in [0.29, 0.717) is 18.1 Å². The molecule has 150 valence electrons. The number of carbonyl (C=O) groups is 2. The van der Waals surface area contributed by atoms with Gasteiger partial charge in [0.1, 0.15) is 6.04 Å². The van der Waals surface area contributed by atoms with Crippen LogP contribution in [0.3, 0.4) is 0 Å². The van der Waals surface area contributed by atoms with Crippen LogP contribution in [-0.2, 0) is 16.1 Å². The van der Waals surface area contributed by atoms with Crippen molar-refractivity contribution in [1.29, 1.82) is 0 Å². The number of hydrogen-bond acceptors (Lipinski definition) is 3. The van der Waals surface area contributed by atoms with Gasteiger partial charge in [-0.2, -0.15) is 0 Å². The standard InChI is InChI=1S/C22H27ClN2O2S/c1-4-13-24-22(27)17(3)25(14-18-7-9-19(23)10-8-18)21(26)15-28-20-11-5-16(2)6-12-20/h5-12,17H,4,13-15H2,1-3H3,(H,24,27)/t17-/m0/s1. The van der Waals surface area contributed by atoms with E-state index in [1.54, 1.807) is 24.0 Å². The smallest absolute Gasteiger partial charge is 0.242 e. The molecule has 0 bridgehead atoms. The summed E-state index contributed by atoms with van der Waals surface area (Å²) in [4.78, 5) is 28.1. The average Bonchev–Trinajstić information content (AvgIpc) is 2.70. The molecule has 0 unspecified atom stereocenters. The Bertz CT molecular complexity index is 778. The third-order valence-electron chi connectivity index (χ3n) is 4.37. The van der Waals surface area contributed by atoms with Gasteiger partial charge in [-0.25, -0.2) is 0 Å². The molecule has 0 saturated carbocycles. The van der Waals surface area contributed by atoms with Crippen LogP contribution < -0.4 is 5.32 Å². The molecule has 1 atom stereocenters. The summed E-state index contributed by atoms with van der Waals surface area (Å²) in [7, 11) is 0. The van der Waals surface area contributed by atoms with Crippen molar-refractivity contribution in [2.75, 3.05) is 12.3 Å². The minimum Gasteiger partial charge on any atom is -0.354 e. The van der Waals surface area contributed by atoms with Gasteiger partial charge in [-0.3, -0.25) is 9.59 Å². The number of nitrogens with zero attached hydrogens (tertiary/aromatic N) is 1. The molecule has 0 fully saturated rings. The lowest BCUT2D eigenvalue weighted by molar-refractivity contribution is -0.138. The van der Waals surface area contributed by atoms with Gasteiger partial charge in [0.15, 0.2) is 0 Å². The van der Waals surface area contributed by atoms with E-state index in [9.17, 15) is 9.59 Å². The third kappa shape index (κ3) is 6.88. The Kier molecular flexibility index (Phi) is 8.87. The van der Waals surface area contributed by atoms with Gasteiger partial charge < -0.3 is 10.2 Å². The fourth-order valence-corrected chi connectivity index (χ4v) is 3.54. The van der Waals surface area contributed by atoms with Crippen molar-refractivity contribution >= 4 is 35.2 Å². The van der Waals surface area contributed by atoms with E-state index in [4.69, 9.17) is 11.6 Å². The lowest BCUT2D eigenvalue weighted by atomic mass is 10.1. The molecule has 2 amide bonds. The Morgan fingerprint density at radius 3 is 2.36 bits per heavy atom. The van der Waals surface area contributed by atoms with Crippen LogP contribution in [-0.4, -0.2) is 35.1 Å². The number of halogens is 1. The number of carbonyl (C=O) groups excluding carboxylic acids is 2. The summed E-state index contributed by atoms with van der Waals surface area (Å²) in [5, 5.41) is 3.53. The van der Waals surface area contributed by atoms with Crippen LogP contribution in [0.2, 0.25) is 5.02 Å². The van der Waals surface area contributed by atoms with Crippen LogP contribution >= 0.6 is 23.4 Å². The molecular formula is C22H27ClN2O2S. The van der Waals surface area contributed by atoms with Crippen molar-refractivity contribution in [3.8, 4) is 0 Å². The molecule has 0 aromatic heterocycles. The minimum absolute atomic E-state index is 0.0697. The maximum atomic E-state index is 13.0. The van der Waals surface area contributed by atoms with Gasteiger partial charge in [0.05, 0.1) is 5.75 Å². The minimum atomic E-state index is -0.548. The summed E-state index contributed by atoms with van der Waals surface area (Å²) in [5.74, 6) is 0.0753. The molecule has 0 aliphatic heterocycles. The second-order valence-electron chi connectivity index (χ2n) is 6.72. The summed E-state index contributed by atoms with van der Waals surface area (Å²) >= 11 is 7.44. The summed E-state index contributed by atoms with van der Waals surface area (Å²) in [5.41, 5.74) is 2.12. The molecule has 6 heteroatoms. The normalized spacial score (nSPS) is 11.7. The molecule has 0 heterocycles. The highest BCUT2D eigenvalue weighted by atomic mass is 35.5. The maximum Gasteiger partial charge on any atom is 0.242 e. The van der Waals surface area contributed by atoms with E-state index >= 15 is 0 Å². The van der Waals surface area contributed by atoms with Crippen molar-refractivity contribution in [3.63, 3.8) is 0 Å². The Hall–Kier alpha value is -1.98. The predicted molar refractivity (Wildman–Crippen MR) is 117 cm³/mol. The first-order chi connectivity index (χ1) is 13.4. The lowest BCUT2D eigenvalue weighted by Gasteiger charge is -2.28. The van der Waals surface area contributed by atoms with Crippen molar-refractivity contribution < 1.29 is 9.59 Å². The molecule has 28 heavy (non-hydrogen) atoms. The first kappa shape index (κ1) is 22.3. The van der Waals surface area contributed by atoms with Gasteiger partial charge >= 0.3 is 0 Å². The summed E-state index contributed by atoms with van der Waals surface area (Å²) in [6.45, 7) is 6.77. The molecule has 4 nitrogen and oxygen atoms in total. The van der Waals surface area contributed by atoms with Crippen molar-refractivity contribution in [3.05, 3.63) is 64.7 Å². The van der Waals surface area contributed by atoms with Crippen LogP contribution in [0.4, 0.5) is 0 Å². The fourth-order valence-electron chi connectivity index (χ4n) is 2.63. The first-order valence-corrected chi connectivity index (χ1v) is 10.8. The number of aryl methyl sites for hydroxylation is 1. The Labute approximate surface area is 176 Å². The predicted octanol–water partition coefficient (Wildman–Crippen LogP) is 4.68. The SMILES string of the molecule is CCCNC(=O)[C@H](C)N(Cc1ccc(Cl)cc1)C(=O)CSc1ccc(C)cc1. The quantitative estimate of drug-likeness (QED) is 0.601. The number of amides is 2. The molecule has 1 N–H and O–H groups in total. The number of hydrogen-bond donors (Lipinski definition) is 1. The summed E-state index contributed by atoms with van der Waals surface area (Å²) in [6, 6.07) is 14.9. The Morgan fingerprint density at radius 2 is 1.75 bits per heavy atom. The number of thioether (sulfide) groups is 1. The molecule has 0 saturated heterocycles. The molecule has 0 spiro atoms. The molecular weight excluding hydrogens is 392 g/mol. The zero-order chi connectivity index (χ0) is 20.5. The summed E-state index contributed by atoms with van der Waals surface area (Å²) < 4.78 is 0. The third-order valence-corrected chi connectivity index (χ3v) is 5.61. The Balaban J connectivity index is 2.10. The van der Waals surface area contributed by atoms with Gasteiger partial charge in [-0.1, -0.05) is 48.4 Å². The van der Waals surface area contributed by atoms with E-state index in [2.05, 4.69) is 5.32 Å². The molecule has 0 aliphatic rings. The van der Waals surface area contributed by atoms with E-state index in [1.165, 1.54) is 17.3 Å². The van der Waals surface area contributed by atoms with Crippen LogP contribution in [0.25, 0.3) is 0 Å². The second kappa shape index (κ2) is 11.1. The zero-order valence-corrected chi connectivity index (χ0v) is 18.1. The molecule has 0 radical (unpaired) electrons. The highest BCUT2D eigenvalue weighted by molar-refractivity contribution is 8.00. The van der Waals surface area contributed by atoms with Crippen LogP contribution in [0.1, 0.15) is 31.4 Å². The van der Waals surface area contributed by atoms with Gasteiger partial charge in [0, 0.05) is 23.0 Å². The highest BCUT2D eigenvalue weighted by Gasteiger charge is 2.25. The van der Waals surface area contributed by atoms with E-state index < -0.39 is 6.04 Å². The van der Waals surface area contributed by atoms with Gasteiger partial charge in [-0.05, 0) is 50.1 Å². The van der Waals surface area contributed by atoms with E-state index in [1.807, 2.05) is 50.2 Å². The molecule has 2 rings (SSSR count). The monoisotopic (exact) mass is 418 g/mol. The van der Waals surface area contributed by atoms with Gasteiger partial charge in [0.25, 0.3) is 0 Å². The van der Waals surface area contributed by atoms with Crippen LogP contribution in [0, 0.1) is 6.92 Å². The average molecular weight is 419 g/mol. The van der Waals surface area contributed by atoms with Crippen molar-refractivity contribution in [1.82, 2.24) is 10.2 Å². The molecule has 0 aliphatic carbocycles. The highest BCUT2D eigenvalue weighted by Crippen LogP contribution is 2.20. The maximum absolute atomic E-state index is 13.0. The fraction of sp³-hybridized carbons (Fsp3) is 0.364. The van der Waals surface area contributed by atoms with Crippen molar-refractivity contribution in [2.24, 2.45) is 0 Å². The van der Waals surface area contributed by atoms with Crippen LogP contribution in [0.5, 0.6) is 0 Å².